The summed E-state index contributed by atoms with van der Waals surface area (Å²) in [4.78, 5) is 13.5. The minimum Gasteiger partial charge on any atom is -0.387 e. The number of carbonyl (C=O) groups excluding carboxylic acids is 1. The molecule has 0 bridgehead atoms. The molecule has 0 amide bonds. The number of carbonyl (C=O) groups is 1. The molecule has 0 atom stereocenters. The summed E-state index contributed by atoms with van der Waals surface area (Å²) in [5, 5.41) is 4.06. The SMILES string of the molecule is C=CC=O.CNc1cnc2c(c1)c(C#CC1CCC(F)(F)CC1)cn2C. The van der Waals surface area contributed by atoms with Gasteiger partial charge in [0.1, 0.15) is 11.9 Å². The quantitative estimate of drug-likeness (QED) is 0.497. The Kier molecular flexibility index (Phi) is 6.51. The Labute approximate surface area is 152 Å². The number of alkyl halides is 2. The van der Waals surface area contributed by atoms with Crippen LogP contribution < -0.4 is 5.32 Å². The van der Waals surface area contributed by atoms with Crippen LogP contribution in [0.3, 0.4) is 0 Å². The third-order valence-corrected chi connectivity index (χ3v) is 4.33. The molecule has 0 radical (unpaired) electrons. The van der Waals surface area contributed by atoms with Gasteiger partial charge in [-0.05, 0) is 25.0 Å². The maximum absolute atomic E-state index is 13.2. The van der Waals surface area contributed by atoms with Crippen molar-refractivity contribution in [2.45, 2.75) is 31.6 Å². The highest BCUT2D eigenvalue weighted by molar-refractivity contribution is 5.86. The molecule has 0 aromatic carbocycles. The number of pyridine rings is 1. The Morgan fingerprint density at radius 1 is 1.42 bits per heavy atom. The number of allylic oxidation sites excluding steroid dienone is 1. The van der Waals surface area contributed by atoms with Gasteiger partial charge < -0.3 is 9.88 Å². The van der Waals surface area contributed by atoms with Crippen molar-refractivity contribution in [3.8, 4) is 11.8 Å². The maximum atomic E-state index is 13.2. The van der Waals surface area contributed by atoms with Gasteiger partial charge >= 0.3 is 0 Å². The van der Waals surface area contributed by atoms with Crippen LogP contribution in [0.5, 0.6) is 0 Å². The van der Waals surface area contributed by atoms with Crippen molar-refractivity contribution in [2.75, 3.05) is 12.4 Å². The van der Waals surface area contributed by atoms with E-state index in [-0.39, 0.29) is 18.8 Å². The molecule has 0 unspecified atom stereocenters. The maximum Gasteiger partial charge on any atom is 0.248 e. The molecule has 138 valence electrons. The Hall–Kier alpha value is -2.68. The molecule has 1 N–H and O–H groups in total. The number of rotatable bonds is 2. The van der Waals surface area contributed by atoms with Crippen molar-refractivity contribution in [1.82, 2.24) is 9.55 Å². The van der Waals surface area contributed by atoms with Crippen LogP contribution in [-0.2, 0) is 11.8 Å². The smallest absolute Gasteiger partial charge is 0.248 e. The molecule has 6 heteroatoms. The molecule has 2 aromatic rings. The number of fused-ring (bicyclic) bond motifs is 1. The van der Waals surface area contributed by atoms with Crippen molar-refractivity contribution in [1.29, 1.82) is 0 Å². The Morgan fingerprint density at radius 2 is 2.08 bits per heavy atom. The first kappa shape index (κ1) is 19.6. The predicted molar refractivity (Wildman–Crippen MR) is 100 cm³/mol. The van der Waals surface area contributed by atoms with Gasteiger partial charge in [-0.3, -0.25) is 4.79 Å². The first-order chi connectivity index (χ1) is 12.4. The molecule has 26 heavy (non-hydrogen) atoms. The van der Waals surface area contributed by atoms with Crippen molar-refractivity contribution in [3.05, 3.63) is 36.7 Å². The largest absolute Gasteiger partial charge is 0.387 e. The van der Waals surface area contributed by atoms with Gasteiger partial charge in [0.15, 0.2) is 0 Å². The lowest BCUT2D eigenvalue weighted by Crippen LogP contribution is -2.23. The molecule has 1 fully saturated rings. The summed E-state index contributed by atoms with van der Waals surface area (Å²) >= 11 is 0. The van der Waals surface area contributed by atoms with E-state index in [1.807, 2.05) is 30.9 Å². The number of nitrogens with zero attached hydrogens (tertiary/aromatic N) is 2. The summed E-state index contributed by atoms with van der Waals surface area (Å²) in [6, 6.07) is 2.02. The van der Waals surface area contributed by atoms with Gasteiger partial charge in [0, 0.05) is 44.4 Å². The van der Waals surface area contributed by atoms with Crippen LogP contribution in [0.2, 0.25) is 0 Å². The van der Waals surface area contributed by atoms with Crippen LogP contribution in [0.25, 0.3) is 11.0 Å². The molecular formula is C20H23F2N3O. The predicted octanol–water partition coefficient (Wildman–Crippen LogP) is 4.16. The molecule has 0 saturated heterocycles. The molecule has 1 aliphatic carbocycles. The average molecular weight is 359 g/mol. The number of aldehydes is 1. The number of hydrogen-bond acceptors (Lipinski definition) is 3. The summed E-state index contributed by atoms with van der Waals surface area (Å²) in [5.74, 6) is 3.92. The first-order valence-electron chi connectivity index (χ1n) is 8.48. The molecule has 3 rings (SSSR count). The minimum absolute atomic E-state index is 0.0483. The standard InChI is InChI=1S/C17H19F2N3.C3H4O/c1-20-14-9-15-13(11-22(2)16(15)21-10-14)4-3-12-5-7-17(18,19)8-6-12;1-2-3-4/h9-12,20H,5-8H2,1-2H3;2-3H,1H2. The second-order valence-electron chi connectivity index (χ2n) is 6.27. The molecule has 2 aromatic heterocycles. The normalized spacial score (nSPS) is 16.0. The zero-order valence-electron chi connectivity index (χ0n) is 15.1. The Bertz CT molecular complexity index is 830. The van der Waals surface area contributed by atoms with Crippen molar-refractivity contribution in [3.63, 3.8) is 0 Å². The van der Waals surface area contributed by atoms with Crippen LogP contribution in [0.4, 0.5) is 14.5 Å². The zero-order valence-corrected chi connectivity index (χ0v) is 15.1. The molecule has 4 nitrogen and oxygen atoms in total. The summed E-state index contributed by atoms with van der Waals surface area (Å²) in [5.41, 5.74) is 2.71. The average Bonchev–Trinajstić information content (AvgIpc) is 2.96. The Balaban J connectivity index is 0.000000552. The molecule has 1 saturated carbocycles. The summed E-state index contributed by atoms with van der Waals surface area (Å²) in [6.07, 6.45) is 6.42. The highest BCUT2D eigenvalue weighted by Crippen LogP contribution is 2.35. The number of nitrogens with one attached hydrogen (secondary N) is 1. The van der Waals surface area contributed by atoms with Crippen LogP contribution in [0, 0.1) is 17.8 Å². The lowest BCUT2D eigenvalue weighted by atomic mass is 9.87. The molecular weight excluding hydrogens is 336 g/mol. The van der Waals surface area contributed by atoms with Gasteiger partial charge in [-0.25, -0.2) is 13.8 Å². The fourth-order valence-corrected chi connectivity index (χ4v) is 2.86. The van der Waals surface area contributed by atoms with Gasteiger partial charge in [-0.15, -0.1) is 0 Å². The van der Waals surface area contributed by atoms with Gasteiger partial charge in [0.2, 0.25) is 5.92 Å². The van der Waals surface area contributed by atoms with Gasteiger partial charge in [-0.1, -0.05) is 18.4 Å². The van der Waals surface area contributed by atoms with E-state index in [4.69, 9.17) is 4.79 Å². The van der Waals surface area contributed by atoms with Crippen molar-refractivity contribution in [2.24, 2.45) is 13.0 Å². The minimum atomic E-state index is -2.50. The number of aromatic nitrogens is 2. The fourth-order valence-electron chi connectivity index (χ4n) is 2.86. The van der Waals surface area contributed by atoms with Crippen molar-refractivity contribution < 1.29 is 13.6 Å². The van der Waals surface area contributed by atoms with E-state index in [9.17, 15) is 8.78 Å². The molecule has 0 spiro atoms. The van der Waals surface area contributed by atoms with Crippen LogP contribution in [-0.4, -0.2) is 28.8 Å². The summed E-state index contributed by atoms with van der Waals surface area (Å²) < 4.78 is 28.3. The highest BCUT2D eigenvalue weighted by Gasteiger charge is 2.34. The second-order valence-corrected chi connectivity index (χ2v) is 6.27. The van der Waals surface area contributed by atoms with E-state index < -0.39 is 5.92 Å². The summed E-state index contributed by atoms with van der Waals surface area (Å²) in [6.45, 7) is 3.11. The Morgan fingerprint density at radius 3 is 2.65 bits per heavy atom. The van der Waals surface area contributed by atoms with Gasteiger partial charge in [0.25, 0.3) is 0 Å². The van der Waals surface area contributed by atoms with Crippen LogP contribution >= 0.6 is 0 Å². The van der Waals surface area contributed by atoms with Crippen LogP contribution in [0.15, 0.2) is 31.1 Å². The number of halogens is 2. The molecule has 1 aliphatic rings. The van der Waals surface area contributed by atoms with E-state index in [2.05, 4.69) is 28.7 Å². The number of aryl methyl sites for hydroxylation is 1. The van der Waals surface area contributed by atoms with E-state index in [1.165, 1.54) is 6.08 Å². The second kappa shape index (κ2) is 8.61. The fraction of sp³-hybridized carbons (Fsp3) is 0.400. The van der Waals surface area contributed by atoms with Crippen molar-refractivity contribution >= 4 is 23.0 Å². The third-order valence-electron chi connectivity index (χ3n) is 4.33. The summed E-state index contributed by atoms with van der Waals surface area (Å²) in [7, 11) is 3.78. The lowest BCUT2D eigenvalue weighted by Gasteiger charge is -2.24. The van der Waals surface area contributed by atoms with E-state index >= 15 is 0 Å². The van der Waals surface area contributed by atoms with Gasteiger partial charge in [-0.2, -0.15) is 0 Å². The molecule has 2 heterocycles. The van der Waals surface area contributed by atoms with Crippen LogP contribution in [0.1, 0.15) is 31.2 Å². The number of hydrogen-bond donors (Lipinski definition) is 1. The van der Waals surface area contributed by atoms with E-state index in [1.54, 1.807) is 6.20 Å². The zero-order chi connectivity index (χ0) is 19.2. The van der Waals surface area contributed by atoms with E-state index in [0.717, 1.165) is 22.3 Å². The topological polar surface area (TPSA) is 46.9 Å². The van der Waals surface area contributed by atoms with E-state index in [0.29, 0.717) is 19.1 Å². The monoisotopic (exact) mass is 359 g/mol. The highest BCUT2D eigenvalue weighted by atomic mass is 19.3. The third kappa shape index (κ3) is 4.92. The number of anilines is 1. The van der Waals surface area contributed by atoms with Gasteiger partial charge in [0.05, 0.1) is 17.4 Å². The first-order valence-corrected chi connectivity index (χ1v) is 8.48. The molecule has 0 aliphatic heterocycles. The lowest BCUT2D eigenvalue weighted by molar-refractivity contribution is -0.104.